The molecule has 1 fully saturated rings. The first kappa shape index (κ1) is 18.4. The number of tetrazole rings is 1. The Hall–Kier alpha value is -2.42. The summed E-state index contributed by atoms with van der Waals surface area (Å²) >= 11 is 1.33. The Balaban J connectivity index is 1.63. The molecule has 3 rings (SSSR count). The Labute approximate surface area is 156 Å². The van der Waals surface area contributed by atoms with Crippen LogP contribution in [0, 0.1) is 13.8 Å². The molecule has 0 radical (unpaired) electrons. The van der Waals surface area contributed by atoms with Gasteiger partial charge >= 0.3 is 0 Å². The number of nitrogens with zero attached hydrogens (tertiary/aromatic N) is 6. The molecule has 0 spiro atoms. The van der Waals surface area contributed by atoms with E-state index in [2.05, 4.69) is 15.5 Å². The Kier molecular flexibility index (Phi) is 5.55. The third-order valence-corrected chi connectivity index (χ3v) is 5.55. The van der Waals surface area contributed by atoms with Crippen molar-refractivity contribution < 1.29 is 9.59 Å². The molecule has 26 heavy (non-hydrogen) atoms. The molecule has 0 bridgehead atoms. The highest BCUT2D eigenvalue weighted by Gasteiger charge is 2.23. The second-order valence-corrected chi connectivity index (χ2v) is 7.21. The highest BCUT2D eigenvalue weighted by atomic mass is 32.2. The van der Waals surface area contributed by atoms with E-state index in [4.69, 9.17) is 0 Å². The molecular formula is C17H22N6O2S. The summed E-state index contributed by atoms with van der Waals surface area (Å²) in [4.78, 5) is 27.4. The van der Waals surface area contributed by atoms with Crippen molar-refractivity contribution >= 4 is 23.6 Å². The van der Waals surface area contributed by atoms with E-state index in [1.807, 2.05) is 32.0 Å². The minimum Gasteiger partial charge on any atom is -0.339 e. The third-order valence-electron chi connectivity index (χ3n) is 4.65. The number of aromatic nitrogens is 4. The van der Waals surface area contributed by atoms with Gasteiger partial charge in [0.25, 0.3) is 0 Å². The van der Waals surface area contributed by atoms with E-state index in [1.165, 1.54) is 11.8 Å². The van der Waals surface area contributed by atoms with E-state index in [0.29, 0.717) is 31.3 Å². The van der Waals surface area contributed by atoms with E-state index in [1.54, 1.807) is 21.4 Å². The number of amides is 2. The van der Waals surface area contributed by atoms with Crippen molar-refractivity contribution in [1.29, 1.82) is 0 Å². The number of thioether (sulfide) groups is 1. The largest absolute Gasteiger partial charge is 0.339 e. The molecule has 138 valence electrons. The maximum absolute atomic E-state index is 12.5. The average molecular weight is 374 g/mol. The maximum Gasteiger partial charge on any atom is 0.233 e. The number of hydrogen-bond acceptors (Lipinski definition) is 6. The highest BCUT2D eigenvalue weighted by Crippen LogP contribution is 2.22. The monoisotopic (exact) mass is 374 g/mol. The van der Waals surface area contributed by atoms with Crippen molar-refractivity contribution in [3.05, 3.63) is 29.3 Å². The number of rotatable bonds is 4. The summed E-state index contributed by atoms with van der Waals surface area (Å²) in [5, 5.41) is 12.5. The predicted octanol–water partition coefficient (Wildman–Crippen LogP) is 1.06. The standard InChI is InChI=1S/C17H22N6O2S/c1-12-5-4-6-15(13(12)2)23-17(18-19-20-23)26-11-16(25)22-9-7-21(8-10-22)14(3)24/h4-6H,7-11H2,1-3H3. The van der Waals surface area contributed by atoms with Crippen LogP contribution in [0.5, 0.6) is 0 Å². The van der Waals surface area contributed by atoms with Crippen molar-refractivity contribution in [2.24, 2.45) is 0 Å². The maximum atomic E-state index is 12.5. The minimum absolute atomic E-state index is 0.0358. The summed E-state index contributed by atoms with van der Waals surface area (Å²) in [6.45, 7) is 7.95. The normalized spacial score (nSPS) is 14.6. The fourth-order valence-corrected chi connectivity index (χ4v) is 3.66. The van der Waals surface area contributed by atoms with E-state index in [9.17, 15) is 9.59 Å². The molecule has 0 unspecified atom stereocenters. The molecule has 1 aromatic carbocycles. The summed E-state index contributed by atoms with van der Waals surface area (Å²) in [5.41, 5.74) is 3.18. The van der Waals surface area contributed by atoms with Crippen LogP contribution in [0.3, 0.4) is 0 Å². The van der Waals surface area contributed by atoms with Crippen LogP contribution in [-0.4, -0.2) is 73.8 Å². The first-order valence-electron chi connectivity index (χ1n) is 8.48. The van der Waals surface area contributed by atoms with E-state index < -0.39 is 0 Å². The van der Waals surface area contributed by atoms with E-state index in [-0.39, 0.29) is 17.6 Å². The number of aryl methyl sites for hydroxylation is 1. The van der Waals surface area contributed by atoms with Crippen LogP contribution in [0.1, 0.15) is 18.1 Å². The Morgan fingerprint density at radius 2 is 1.81 bits per heavy atom. The van der Waals surface area contributed by atoms with E-state index >= 15 is 0 Å². The molecule has 1 aliphatic rings. The number of benzene rings is 1. The summed E-state index contributed by atoms with van der Waals surface area (Å²) < 4.78 is 1.67. The van der Waals surface area contributed by atoms with Crippen molar-refractivity contribution in [3.8, 4) is 5.69 Å². The molecule has 0 aliphatic carbocycles. The zero-order valence-electron chi connectivity index (χ0n) is 15.2. The van der Waals surface area contributed by atoms with Crippen molar-refractivity contribution in [3.63, 3.8) is 0 Å². The number of carbonyl (C=O) groups is 2. The molecule has 8 nitrogen and oxygen atoms in total. The number of piperazine rings is 1. The van der Waals surface area contributed by atoms with Crippen molar-refractivity contribution in [2.75, 3.05) is 31.9 Å². The smallest absolute Gasteiger partial charge is 0.233 e. The molecule has 0 atom stereocenters. The molecule has 9 heteroatoms. The van der Waals surface area contributed by atoms with Gasteiger partial charge in [0.2, 0.25) is 17.0 Å². The lowest BCUT2D eigenvalue weighted by molar-refractivity contribution is -0.136. The molecule has 1 aromatic heterocycles. The fraction of sp³-hybridized carbons (Fsp3) is 0.471. The van der Waals surface area contributed by atoms with Crippen LogP contribution in [0.15, 0.2) is 23.4 Å². The van der Waals surface area contributed by atoms with Gasteiger partial charge in [-0.25, -0.2) is 0 Å². The predicted molar refractivity (Wildman–Crippen MR) is 98.2 cm³/mol. The van der Waals surface area contributed by atoms with Gasteiger partial charge in [0, 0.05) is 33.1 Å². The van der Waals surface area contributed by atoms with Crippen LogP contribution in [0.25, 0.3) is 5.69 Å². The Morgan fingerprint density at radius 3 is 2.50 bits per heavy atom. The number of carbonyl (C=O) groups excluding carboxylic acids is 2. The van der Waals surface area contributed by atoms with Crippen LogP contribution in [-0.2, 0) is 9.59 Å². The molecule has 1 saturated heterocycles. The second-order valence-electron chi connectivity index (χ2n) is 6.27. The molecule has 1 aliphatic heterocycles. The van der Waals surface area contributed by atoms with Crippen molar-refractivity contribution in [1.82, 2.24) is 30.0 Å². The quantitative estimate of drug-likeness (QED) is 0.744. The SMILES string of the molecule is CC(=O)N1CCN(C(=O)CSc2nnnn2-c2cccc(C)c2C)CC1. The molecule has 0 N–H and O–H groups in total. The number of hydrogen-bond donors (Lipinski definition) is 0. The van der Waals surface area contributed by atoms with Gasteiger partial charge < -0.3 is 9.80 Å². The molecule has 2 aromatic rings. The first-order chi connectivity index (χ1) is 12.5. The summed E-state index contributed by atoms with van der Waals surface area (Å²) in [5.74, 6) is 0.360. The van der Waals surface area contributed by atoms with Gasteiger partial charge in [0.1, 0.15) is 0 Å². The summed E-state index contributed by atoms with van der Waals surface area (Å²) in [6, 6.07) is 5.97. The fourth-order valence-electron chi connectivity index (χ4n) is 2.87. The molecule has 2 amide bonds. The van der Waals surface area contributed by atoms with Crippen LogP contribution < -0.4 is 0 Å². The highest BCUT2D eigenvalue weighted by molar-refractivity contribution is 7.99. The average Bonchev–Trinajstić information content (AvgIpc) is 3.10. The van der Waals surface area contributed by atoms with E-state index in [0.717, 1.165) is 16.8 Å². The lowest BCUT2D eigenvalue weighted by Gasteiger charge is -2.34. The van der Waals surface area contributed by atoms with Gasteiger partial charge in [-0.05, 0) is 41.5 Å². The zero-order chi connectivity index (χ0) is 18.7. The minimum atomic E-state index is 0.0358. The topological polar surface area (TPSA) is 84.2 Å². The first-order valence-corrected chi connectivity index (χ1v) is 9.47. The van der Waals surface area contributed by atoms with Crippen molar-refractivity contribution in [2.45, 2.75) is 25.9 Å². The van der Waals surface area contributed by atoms with Gasteiger partial charge in [-0.15, -0.1) is 5.10 Å². The summed E-state index contributed by atoms with van der Waals surface area (Å²) in [7, 11) is 0. The molecule has 2 heterocycles. The lowest BCUT2D eigenvalue weighted by Crippen LogP contribution is -2.50. The second kappa shape index (κ2) is 7.86. The van der Waals surface area contributed by atoms with Crippen LogP contribution in [0.4, 0.5) is 0 Å². The lowest BCUT2D eigenvalue weighted by atomic mass is 10.1. The van der Waals surface area contributed by atoms with Gasteiger partial charge in [-0.1, -0.05) is 23.9 Å². The van der Waals surface area contributed by atoms with Crippen LogP contribution in [0.2, 0.25) is 0 Å². The summed E-state index contributed by atoms with van der Waals surface area (Å²) in [6.07, 6.45) is 0. The Bertz CT molecular complexity index is 813. The van der Waals surface area contributed by atoms with Gasteiger partial charge in [-0.2, -0.15) is 4.68 Å². The Morgan fingerprint density at radius 1 is 1.12 bits per heavy atom. The van der Waals surface area contributed by atoms with Gasteiger partial charge in [0.05, 0.1) is 11.4 Å². The van der Waals surface area contributed by atoms with Gasteiger partial charge in [-0.3, -0.25) is 9.59 Å². The molecule has 0 saturated carbocycles. The molecular weight excluding hydrogens is 352 g/mol. The third kappa shape index (κ3) is 3.87. The zero-order valence-corrected chi connectivity index (χ0v) is 16.0. The van der Waals surface area contributed by atoms with Crippen LogP contribution >= 0.6 is 11.8 Å². The van der Waals surface area contributed by atoms with Gasteiger partial charge in [0.15, 0.2) is 0 Å².